The lowest BCUT2D eigenvalue weighted by atomic mass is 10.1. The quantitative estimate of drug-likeness (QED) is 0.492. The van der Waals surface area contributed by atoms with Crippen molar-refractivity contribution in [1.29, 1.82) is 0 Å². The molecule has 1 fully saturated rings. The number of methoxy groups -OCH3 is 3. The van der Waals surface area contributed by atoms with E-state index in [2.05, 4.69) is 10.1 Å². The molecule has 1 N–H and O–H groups in total. The molecular weight excluding hydrogens is 316 g/mol. The summed E-state index contributed by atoms with van der Waals surface area (Å²) in [7, 11) is 4.23. The van der Waals surface area contributed by atoms with Gasteiger partial charge in [-0.05, 0) is 25.1 Å². The van der Waals surface area contributed by atoms with Crippen LogP contribution < -0.4 is 14.8 Å². The van der Waals surface area contributed by atoms with Crippen molar-refractivity contribution in [3.05, 3.63) is 29.0 Å². The second-order valence-corrected chi connectivity index (χ2v) is 4.97. The molecule has 0 aromatic heterocycles. The zero-order chi connectivity index (χ0) is 17.9. The van der Waals surface area contributed by atoms with Crippen molar-refractivity contribution in [3.63, 3.8) is 0 Å². The lowest BCUT2D eigenvalue weighted by molar-refractivity contribution is -0.143. The molecule has 1 aliphatic heterocycles. The molecule has 1 heterocycles. The third kappa shape index (κ3) is 3.17. The fourth-order valence-electron chi connectivity index (χ4n) is 2.36. The predicted octanol–water partition coefficient (Wildman–Crippen LogP) is 1.08. The third-order valence-electron chi connectivity index (χ3n) is 3.59. The molecule has 1 saturated heterocycles. The molecule has 1 aromatic rings. The van der Waals surface area contributed by atoms with Crippen LogP contribution in [0.3, 0.4) is 0 Å². The summed E-state index contributed by atoms with van der Waals surface area (Å²) in [6.07, 6.45) is 1.49. The van der Waals surface area contributed by atoms with Gasteiger partial charge in [0, 0.05) is 11.1 Å². The largest absolute Gasteiger partial charge is 0.496 e. The summed E-state index contributed by atoms with van der Waals surface area (Å²) in [5, 5.41) is 2.44. The molecule has 2 rings (SSSR count). The Bertz CT molecular complexity index is 726. The van der Waals surface area contributed by atoms with Crippen molar-refractivity contribution in [2.45, 2.75) is 6.92 Å². The summed E-state index contributed by atoms with van der Waals surface area (Å²) in [5.41, 5.74) is 1.41. The van der Waals surface area contributed by atoms with Gasteiger partial charge in [-0.15, -0.1) is 0 Å². The summed E-state index contributed by atoms with van der Waals surface area (Å²) >= 11 is 0. The van der Waals surface area contributed by atoms with Crippen molar-refractivity contribution in [1.82, 2.24) is 10.2 Å². The second kappa shape index (κ2) is 7.03. The lowest BCUT2D eigenvalue weighted by Gasteiger charge is -2.12. The highest BCUT2D eigenvalue weighted by Gasteiger charge is 2.35. The monoisotopic (exact) mass is 334 g/mol. The van der Waals surface area contributed by atoms with E-state index in [1.165, 1.54) is 20.3 Å². The van der Waals surface area contributed by atoms with E-state index < -0.39 is 24.5 Å². The molecule has 0 aliphatic carbocycles. The van der Waals surface area contributed by atoms with Crippen LogP contribution in [0.25, 0.3) is 6.08 Å². The molecule has 1 aliphatic rings. The number of nitrogens with zero attached hydrogens (tertiary/aromatic N) is 1. The number of hydrogen-bond donors (Lipinski definition) is 1. The number of esters is 1. The Balaban J connectivity index is 2.36. The van der Waals surface area contributed by atoms with Crippen LogP contribution in [0.5, 0.6) is 11.5 Å². The van der Waals surface area contributed by atoms with Crippen LogP contribution in [-0.2, 0) is 14.3 Å². The van der Waals surface area contributed by atoms with Gasteiger partial charge in [0.2, 0.25) is 0 Å². The molecule has 8 heteroatoms. The van der Waals surface area contributed by atoms with E-state index in [4.69, 9.17) is 9.47 Å². The Morgan fingerprint density at radius 2 is 1.92 bits per heavy atom. The van der Waals surface area contributed by atoms with Gasteiger partial charge in [0.1, 0.15) is 23.7 Å². The smallest absolute Gasteiger partial charge is 0.329 e. The van der Waals surface area contributed by atoms with Crippen LogP contribution in [0.1, 0.15) is 11.1 Å². The van der Waals surface area contributed by atoms with Gasteiger partial charge in [-0.3, -0.25) is 9.59 Å². The number of rotatable bonds is 5. The minimum Gasteiger partial charge on any atom is -0.496 e. The van der Waals surface area contributed by atoms with Crippen LogP contribution in [0.15, 0.2) is 17.8 Å². The predicted molar refractivity (Wildman–Crippen MR) is 84.5 cm³/mol. The highest BCUT2D eigenvalue weighted by atomic mass is 16.5. The third-order valence-corrected chi connectivity index (χ3v) is 3.59. The van der Waals surface area contributed by atoms with Crippen LogP contribution in [0.4, 0.5) is 4.79 Å². The van der Waals surface area contributed by atoms with Crippen LogP contribution in [-0.4, -0.2) is 50.7 Å². The summed E-state index contributed by atoms with van der Waals surface area (Å²) < 4.78 is 15.1. The number of ether oxygens (including phenoxy) is 3. The molecule has 0 atom stereocenters. The van der Waals surface area contributed by atoms with E-state index in [9.17, 15) is 14.4 Å². The van der Waals surface area contributed by atoms with Crippen molar-refractivity contribution < 1.29 is 28.6 Å². The number of imide groups is 1. The Hall–Kier alpha value is -3.03. The minimum atomic E-state index is -0.683. The van der Waals surface area contributed by atoms with Crippen LogP contribution in [0.2, 0.25) is 0 Å². The summed E-state index contributed by atoms with van der Waals surface area (Å²) in [6, 6.07) is 2.76. The van der Waals surface area contributed by atoms with Crippen LogP contribution in [0, 0.1) is 6.92 Å². The first kappa shape index (κ1) is 17.3. The number of hydrogen-bond acceptors (Lipinski definition) is 6. The Kier molecular flexibility index (Phi) is 5.08. The van der Waals surface area contributed by atoms with E-state index in [1.54, 1.807) is 19.2 Å². The topological polar surface area (TPSA) is 94.2 Å². The number of nitrogens with one attached hydrogen (secondary N) is 1. The average Bonchev–Trinajstić information content (AvgIpc) is 2.82. The maximum absolute atomic E-state index is 12.3. The first-order valence-corrected chi connectivity index (χ1v) is 7.05. The highest BCUT2D eigenvalue weighted by Crippen LogP contribution is 2.32. The van der Waals surface area contributed by atoms with Crippen molar-refractivity contribution in [2.75, 3.05) is 27.9 Å². The molecule has 0 unspecified atom stereocenters. The molecule has 0 bridgehead atoms. The summed E-state index contributed by atoms with van der Waals surface area (Å²) in [4.78, 5) is 36.2. The minimum absolute atomic E-state index is 0.0479. The summed E-state index contributed by atoms with van der Waals surface area (Å²) in [5.74, 6) is -0.128. The van der Waals surface area contributed by atoms with Gasteiger partial charge in [-0.2, -0.15) is 0 Å². The van der Waals surface area contributed by atoms with Gasteiger partial charge >= 0.3 is 12.0 Å². The van der Waals surface area contributed by atoms with E-state index in [1.807, 2.05) is 6.92 Å². The zero-order valence-corrected chi connectivity index (χ0v) is 13.8. The SMILES string of the molecule is COC(=O)CN1C(=O)N/C(=C/c2ccc(OC)c(C)c2OC)C1=O. The molecule has 128 valence electrons. The van der Waals surface area contributed by atoms with Crippen molar-refractivity contribution in [2.24, 2.45) is 0 Å². The molecule has 8 nitrogen and oxygen atoms in total. The maximum atomic E-state index is 12.3. The van der Waals surface area contributed by atoms with Gasteiger partial charge in [0.15, 0.2) is 0 Å². The van der Waals surface area contributed by atoms with Crippen LogP contribution >= 0.6 is 0 Å². The Morgan fingerprint density at radius 3 is 2.50 bits per heavy atom. The Labute approximate surface area is 139 Å². The van der Waals surface area contributed by atoms with Gasteiger partial charge in [0.25, 0.3) is 5.91 Å². The maximum Gasteiger partial charge on any atom is 0.329 e. The summed E-state index contributed by atoms with van der Waals surface area (Å²) in [6.45, 7) is 1.37. The molecule has 0 spiro atoms. The second-order valence-electron chi connectivity index (χ2n) is 4.97. The number of carbonyl (C=O) groups excluding carboxylic acids is 3. The standard InChI is InChI=1S/C16H18N2O6/c1-9-12(22-2)6-5-10(14(9)24-4)7-11-15(20)18(16(21)17-11)8-13(19)23-3/h5-7H,8H2,1-4H3,(H,17,21)/b11-7+. The number of benzene rings is 1. The van der Waals surface area contributed by atoms with E-state index >= 15 is 0 Å². The number of carbonyl (C=O) groups is 3. The molecule has 1 aromatic carbocycles. The molecule has 24 heavy (non-hydrogen) atoms. The van der Waals surface area contributed by atoms with Crippen molar-refractivity contribution in [3.8, 4) is 11.5 Å². The van der Waals surface area contributed by atoms with Crippen molar-refractivity contribution >= 4 is 24.0 Å². The van der Waals surface area contributed by atoms with Gasteiger partial charge in [0.05, 0.1) is 21.3 Å². The van der Waals surface area contributed by atoms with E-state index in [0.717, 1.165) is 10.5 Å². The first-order chi connectivity index (χ1) is 11.4. The van der Waals surface area contributed by atoms with E-state index in [0.29, 0.717) is 17.1 Å². The molecule has 0 radical (unpaired) electrons. The fourth-order valence-corrected chi connectivity index (χ4v) is 2.36. The highest BCUT2D eigenvalue weighted by molar-refractivity contribution is 6.15. The average molecular weight is 334 g/mol. The number of amides is 3. The number of urea groups is 1. The first-order valence-electron chi connectivity index (χ1n) is 7.05. The molecular formula is C16H18N2O6. The van der Waals surface area contributed by atoms with Gasteiger partial charge < -0.3 is 19.5 Å². The fraction of sp³-hybridized carbons (Fsp3) is 0.312. The van der Waals surface area contributed by atoms with E-state index in [-0.39, 0.29) is 5.70 Å². The Morgan fingerprint density at radius 1 is 1.21 bits per heavy atom. The van der Waals surface area contributed by atoms with Gasteiger partial charge in [-0.1, -0.05) is 0 Å². The lowest BCUT2D eigenvalue weighted by Crippen LogP contribution is -2.36. The zero-order valence-electron chi connectivity index (χ0n) is 13.8. The molecule has 0 saturated carbocycles. The molecule has 3 amide bonds. The normalized spacial score (nSPS) is 15.5. The van der Waals surface area contributed by atoms with Gasteiger partial charge in [-0.25, -0.2) is 9.69 Å².